The molecular formula is C23H20N4O5S2. The van der Waals surface area contributed by atoms with Gasteiger partial charge in [0.25, 0.3) is 20.0 Å². The van der Waals surface area contributed by atoms with Gasteiger partial charge in [-0.2, -0.15) is 0 Å². The third-order valence-electron chi connectivity index (χ3n) is 4.74. The summed E-state index contributed by atoms with van der Waals surface area (Å²) in [5, 5.41) is 3.24. The molecule has 4 aromatic rings. The van der Waals surface area contributed by atoms with E-state index in [0.717, 1.165) is 0 Å². The van der Waals surface area contributed by atoms with E-state index in [1.165, 1.54) is 67.7 Å². The highest BCUT2D eigenvalue weighted by Gasteiger charge is 2.19. The summed E-state index contributed by atoms with van der Waals surface area (Å²) >= 11 is 0. The molecule has 34 heavy (non-hydrogen) atoms. The SMILES string of the molecule is CC(=O)Nc1ccc(S(=O)(=O)Nc2cccc(NS(=O)(=O)c3cccc4cccnc34)c2)cc1. The summed E-state index contributed by atoms with van der Waals surface area (Å²) in [7, 11) is -7.94. The zero-order valence-corrected chi connectivity index (χ0v) is 19.5. The summed E-state index contributed by atoms with van der Waals surface area (Å²) in [4.78, 5) is 15.3. The maximum atomic E-state index is 13.0. The average Bonchev–Trinajstić information content (AvgIpc) is 2.78. The second-order valence-electron chi connectivity index (χ2n) is 7.33. The number of para-hydroxylation sites is 1. The van der Waals surface area contributed by atoms with Gasteiger partial charge in [-0.3, -0.25) is 19.2 Å². The van der Waals surface area contributed by atoms with Crippen molar-refractivity contribution in [3.8, 4) is 0 Å². The first-order chi connectivity index (χ1) is 16.1. The molecule has 3 N–H and O–H groups in total. The van der Waals surface area contributed by atoms with Crippen LogP contribution in [-0.2, 0) is 24.8 Å². The van der Waals surface area contributed by atoms with Crippen LogP contribution in [0.1, 0.15) is 6.92 Å². The van der Waals surface area contributed by atoms with Crippen LogP contribution < -0.4 is 14.8 Å². The first kappa shape index (κ1) is 23.2. The molecule has 0 saturated heterocycles. The van der Waals surface area contributed by atoms with Gasteiger partial charge in [0, 0.05) is 24.2 Å². The van der Waals surface area contributed by atoms with Crippen LogP contribution in [0.3, 0.4) is 0 Å². The highest BCUT2D eigenvalue weighted by Crippen LogP contribution is 2.25. The number of hydrogen-bond donors (Lipinski definition) is 3. The molecule has 1 aromatic heterocycles. The molecule has 0 fully saturated rings. The Hall–Kier alpha value is -3.96. The lowest BCUT2D eigenvalue weighted by Crippen LogP contribution is -2.15. The molecule has 1 amide bonds. The molecule has 0 saturated carbocycles. The lowest BCUT2D eigenvalue weighted by Gasteiger charge is -2.12. The standard InChI is InChI=1S/C23H20N4O5S2/c1-16(28)25-18-10-12-21(13-11-18)33(29,30)26-19-7-3-8-20(15-19)27-34(31,32)22-9-2-5-17-6-4-14-24-23(17)22/h2-15,26-27H,1H3,(H,25,28). The van der Waals surface area contributed by atoms with E-state index in [-0.39, 0.29) is 27.1 Å². The van der Waals surface area contributed by atoms with Gasteiger partial charge in [0.15, 0.2) is 0 Å². The summed E-state index contributed by atoms with van der Waals surface area (Å²) in [5.74, 6) is -0.271. The lowest BCUT2D eigenvalue weighted by atomic mass is 10.2. The number of nitrogens with one attached hydrogen (secondary N) is 3. The second-order valence-corrected chi connectivity index (χ2v) is 10.7. The number of anilines is 3. The van der Waals surface area contributed by atoms with Crippen molar-refractivity contribution in [2.24, 2.45) is 0 Å². The summed E-state index contributed by atoms with van der Waals surface area (Å²) < 4.78 is 56.5. The van der Waals surface area contributed by atoms with E-state index in [1.807, 2.05) is 0 Å². The number of carbonyl (C=O) groups excluding carboxylic acids is 1. The van der Waals surface area contributed by atoms with Gasteiger partial charge < -0.3 is 5.32 Å². The number of fused-ring (bicyclic) bond motifs is 1. The molecule has 0 spiro atoms. The van der Waals surface area contributed by atoms with Crippen LogP contribution in [0.5, 0.6) is 0 Å². The van der Waals surface area contributed by atoms with Crippen LogP contribution >= 0.6 is 0 Å². The fourth-order valence-electron chi connectivity index (χ4n) is 3.28. The summed E-state index contributed by atoms with van der Waals surface area (Å²) in [6, 6.07) is 19.9. The van der Waals surface area contributed by atoms with Crippen LogP contribution in [0.2, 0.25) is 0 Å². The highest BCUT2D eigenvalue weighted by atomic mass is 32.2. The second kappa shape index (κ2) is 9.12. The van der Waals surface area contributed by atoms with Crippen molar-refractivity contribution >= 4 is 53.9 Å². The van der Waals surface area contributed by atoms with Crippen molar-refractivity contribution in [3.05, 3.63) is 85.1 Å². The van der Waals surface area contributed by atoms with Gasteiger partial charge in [-0.25, -0.2) is 16.8 Å². The fourth-order valence-corrected chi connectivity index (χ4v) is 5.56. The van der Waals surface area contributed by atoms with Gasteiger partial charge >= 0.3 is 0 Å². The normalized spacial score (nSPS) is 11.7. The van der Waals surface area contributed by atoms with E-state index in [0.29, 0.717) is 16.6 Å². The third-order valence-corrected chi connectivity index (χ3v) is 7.55. The molecule has 174 valence electrons. The molecule has 0 atom stereocenters. The van der Waals surface area contributed by atoms with Gasteiger partial charge in [-0.1, -0.05) is 24.3 Å². The van der Waals surface area contributed by atoms with E-state index in [9.17, 15) is 21.6 Å². The number of sulfonamides is 2. The minimum atomic E-state index is -3.99. The van der Waals surface area contributed by atoms with Crippen LogP contribution in [0, 0.1) is 0 Å². The van der Waals surface area contributed by atoms with Gasteiger partial charge in [0.1, 0.15) is 4.90 Å². The van der Waals surface area contributed by atoms with E-state index in [1.54, 1.807) is 24.3 Å². The van der Waals surface area contributed by atoms with E-state index >= 15 is 0 Å². The Labute approximate surface area is 197 Å². The summed E-state index contributed by atoms with van der Waals surface area (Å²) in [6.07, 6.45) is 1.51. The van der Waals surface area contributed by atoms with E-state index < -0.39 is 20.0 Å². The molecule has 9 nitrogen and oxygen atoms in total. The predicted molar refractivity (Wildman–Crippen MR) is 131 cm³/mol. The number of pyridine rings is 1. The Bertz CT molecular complexity index is 1580. The predicted octanol–water partition coefficient (Wildman–Crippen LogP) is 3.79. The number of nitrogens with zero attached hydrogens (tertiary/aromatic N) is 1. The molecule has 0 unspecified atom stereocenters. The van der Waals surface area contributed by atoms with Crippen LogP contribution in [0.15, 0.2) is 94.9 Å². The van der Waals surface area contributed by atoms with E-state index in [4.69, 9.17) is 0 Å². The van der Waals surface area contributed by atoms with Crippen molar-refractivity contribution in [2.75, 3.05) is 14.8 Å². The van der Waals surface area contributed by atoms with Crippen LogP contribution in [0.4, 0.5) is 17.1 Å². The summed E-state index contributed by atoms with van der Waals surface area (Å²) in [6.45, 7) is 1.35. The number of amides is 1. The van der Waals surface area contributed by atoms with Crippen LogP contribution in [0.25, 0.3) is 10.9 Å². The number of benzene rings is 3. The topological polar surface area (TPSA) is 134 Å². The Morgan fingerprint density at radius 3 is 2.03 bits per heavy atom. The Morgan fingerprint density at radius 1 is 0.735 bits per heavy atom. The smallest absolute Gasteiger partial charge is 0.264 e. The molecule has 3 aromatic carbocycles. The first-order valence-electron chi connectivity index (χ1n) is 10.0. The number of aromatic nitrogens is 1. The minimum Gasteiger partial charge on any atom is -0.326 e. The number of rotatable bonds is 7. The molecule has 11 heteroatoms. The summed E-state index contributed by atoms with van der Waals surface area (Å²) in [5.41, 5.74) is 1.14. The van der Waals surface area contributed by atoms with Crippen LogP contribution in [-0.4, -0.2) is 27.7 Å². The number of hydrogen-bond acceptors (Lipinski definition) is 6. The third kappa shape index (κ3) is 5.16. The van der Waals surface area contributed by atoms with Gasteiger partial charge in [-0.05, 0) is 54.6 Å². The minimum absolute atomic E-state index is 0.0100. The Balaban J connectivity index is 1.56. The van der Waals surface area contributed by atoms with Crippen molar-refractivity contribution in [1.29, 1.82) is 0 Å². The molecule has 4 rings (SSSR count). The largest absolute Gasteiger partial charge is 0.326 e. The molecule has 0 aliphatic heterocycles. The van der Waals surface area contributed by atoms with Gasteiger partial charge in [0.05, 0.1) is 21.8 Å². The zero-order valence-electron chi connectivity index (χ0n) is 17.9. The monoisotopic (exact) mass is 496 g/mol. The highest BCUT2D eigenvalue weighted by molar-refractivity contribution is 7.93. The average molecular weight is 497 g/mol. The maximum Gasteiger partial charge on any atom is 0.264 e. The molecule has 0 bridgehead atoms. The van der Waals surface area contributed by atoms with Crippen molar-refractivity contribution in [3.63, 3.8) is 0 Å². The lowest BCUT2D eigenvalue weighted by molar-refractivity contribution is -0.114. The molecule has 0 aliphatic carbocycles. The maximum absolute atomic E-state index is 13.0. The van der Waals surface area contributed by atoms with Gasteiger partial charge in [-0.15, -0.1) is 0 Å². The van der Waals surface area contributed by atoms with Crippen molar-refractivity contribution < 1.29 is 21.6 Å². The van der Waals surface area contributed by atoms with E-state index in [2.05, 4.69) is 19.7 Å². The number of carbonyl (C=O) groups is 1. The quantitative estimate of drug-likeness (QED) is 0.356. The molecule has 1 heterocycles. The molecule has 0 radical (unpaired) electrons. The zero-order chi connectivity index (χ0) is 24.3. The Morgan fingerprint density at radius 2 is 1.35 bits per heavy atom. The van der Waals surface area contributed by atoms with Gasteiger partial charge in [0.2, 0.25) is 5.91 Å². The fraction of sp³-hybridized carbons (Fsp3) is 0.0435. The van der Waals surface area contributed by atoms with Crippen molar-refractivity contribution in [1.82, 2.24) is 4.98 Å². The molecular weight excluding hydrogens is 476 g/mol. The van der Waals surface area contributed by atoms with Crippen molar-refractivity contribution in [2.45, 2.75) is 16.7 Å². The Kier molecular flexibility index (Phi) is 6.22. The molecule has 0 aliphatic rings. The first-order valence-corrected chi connectivity index (χ1v) is 13.0.